The molecule has 6 heteroatoms. The van der Waals surface area contributed by atoms with Gasteiger partial charge in [0.05, 0.1) is 6.61 Å². The number of aliphatic hydroxyl groups excluding tert-OH is 1. The highest BCUT2D eigenvalue weighted by Gasteiger charge is 2.23. The van der Waals surface area contributed by atoms with E-state index in [-0.39, 0.29) is 12.3 Å². The van der Waals surface area contributed by atoms with Crippen LogP contribution in [0.1, 0.15) is 34.8 Å². The number of rotatable bonds is 4. The number of ether oxygens (including phenoxy) is 1. The van der Waals surface area contributed by atoms with E-state index in [1.807, 2.05) is 54.6 Å². The molecule has 2 aromatic carbocycles. The number of carbonyl (C=O) groups excluding carboxylic acids is 1. The smallest absolute Gasteiger partial charge is 0.357 e. The van der Waals surface area contributed by atoms with E-state index in [9.17, 15) is 9.90 Å². The number of aliphatic hydroxyl groups is 1. The number of hydrogen-bond acceptors (Lipinski definition) is 5. The molecule has 2 heterocycles. The highest BCUT2D eigenvalue weighted by molar-refractivity contribution is 6.02. The van der Waals surface area contributed by atoms with Crippen molar-refractivity contribution in [2.45, 2.75) is 13.0 Å². The van der Waals surface area contributed by atoms with E-state index in [1.165, 1.54) is 4.52 Å². The van der Waals surface area contributed by atoms with Crippen LogP contribution in [-0.2, 0) is 4.74 Å². The second kappa shape index (κ2) is 6.57. The number of benzene rings is 2. The summed E-state index contributed by atoms with van der Waals surface area (Å²) in [5.41, 5.74) is 1.99. The normalized spacial score (nSPS) is 12.4. The van der Waals surface area contributed by atoms with E-state index >= 15 is 0 Å². The number of pyridine rings is 1. The summed E-state index contributed by atoms with van der Waals surface area (Å²) in [7, 11) is 0. The van der Waals surface area contributed by atoms with Crippen molar-refractivity contribution < 1.29 is 14.6 Å². The highest BCUT2D eigenvalue weighted by atomic mass is 16.5. The lowest BCUT2D eigenvalue weighted by Crippen LogP contribution is -2.11. The van der Waals surface area contributed by atoms with Gasteiger partial charge in [0, 0.05) is 5.39 Å². The first-order valence-electron chi connectivity index (χ1n) is 8.38. The second-order valence-electron chi connectivity index (χ2n) is 5.89. The number of hydrogen-bond donors (Lipinski definition) is 1. The topological polar surface area (TPSA) is 76.7 Å². The van der Waals surface area contributed by atoms with E-state index in [0.717, 1.165) is 10.8 Å². The molecule has 0 aliphatic rings. The van der Waals surface area contributed by atoms with Crippen molar-refractivity contribution in [2.75, 3.05) is 6.61 Å². The lowest BCUT2D eigenvalue weighted by molar-refractivity contribution is 0.0516. The molecule has 0 spiro atoms. The van der Waals surface area contributed by atoms with Gasteiger partial charge in [0.2, 0.25) is 0 Å². The summed E-state index contributed by atoms with van der Waals surface area (Å²) < 4.78 is 6.60. The number of fused-ring (bicyclic) bond motifs is 3. The van der Waals surface area contributed by atoms with Crippen LogP contribution in [-0.4, -0.2) is 32.5 Å². The fraction of sp³-hybridized carbons (Fsp3) is 0.150. The maximum Gasteiger partial charge on any atom is 0.357 e. The van der Waals surface area contributed by atoms with Crippen LogP contribution in [0.2, 0.25) is 0 Å². The van der Waals surface area contributed by atoms with Gasteiger partial charge in [-0.25, -0.2) is 9.31 Å². The van der Waals surface area contributed by atoms with Crippen LogP contribution in [0.4, 0.5) is 0 Å². The lowest BCUT2D eigenvalue weighted by Gasteiger charge is -2.11. The van der Waals surface area contributed by atoms with Gasteiger partial charge in [-0.1, -0.05) is 59.8 Å². The third-order valence-electron chi connectivity index (χ3n) is 4.29. The second-order valence-corrected chi connectivity index (χ2v) is 5.89. The maximum atomic E-state index is 12.4. The Bertz CT molecular complexity index is 1090. The van der Waals surface area contributed by atoms with Gasteiger partial charge in [-0.15, -0.1) is 5.10 Å². The molecule has 1 atom stereocenters. The molecule has 0 fully saturated rings. The third-order valence-corrected chi connectivity index (χ3v) is 4.29. The molecule has 6 nitrogen and oxygen atoms in total. The Labute approximate surface area is 149 Å². The van der Waals surface area contributed by atoms with Crippen LogP contribution in [0.5, 0.6) is 0 Å². The summed E-state index contributed by atoms with van der Waals surface area (Å²) in [4.78, 5) is 12.4. The van der Waals surface area contributed by atoms with Gasteiger partial charge in [0.1, 0.15) is 17.3 Å². The predicted octanol–water partition coefficient (Wildman–Crippen LogP) is 3.14. The minimum atomic E-state index is -0.949. The number of nitrogens with zero attached hydrogens (tertiary/aromatic N) is 3. The van der Waals surface area contributed by atoms with Gasteiger partial charge in [-0.3, -0.25) is 0 Å². The number of carbonyl (C=O) groups is 1. The predicted molar refractivity (Wildman–Crippen MR) is 97.0 cm³/mol. The molecular formula is C20H17N3O3. The molecule has 4 rings (SSSR count). The average Bonchev–Trinajstić information content (AvgIpc) is 3.13. The Balaban J connectivity index is 2.00. The van der Waals surface area contributed by atoms with Crippen LogP contribution in [0, 0.1) is 0 Å². The first-order chi connectivity index (χ1) is 12.7. The first kappa shape index (κ1) is 16.2. The van der Waals surface area contributed by atoms with E-state index in [0.29, 0.717) is 16.8 Å². The monoisotopic (exact) mass is 347 g/mol. The summed E-state index contributed by atoms with van der Waals surface area (Å²) in [6.07, 6.45) is -0.949. The summed E-state index contributed by atoms with van der Waals surface area (Å²) in [6, 6.07) is 18.6. The average molecular weight is 347 g/mol. The SMILES string of the molecule is CCOC(=O)c1cc2ccccc2c2c(C(O)c3ccccc3)nnn12. The molecule has 1 unspecified atom stereocenters. The van der Waals surface area contributed by atoms with Crippen molar-refractivity contribution in [3.05, 3.63) is 77.6 Å². The Hall–Kier alpha value is -3.25. The van der Waals surface area contributed by atoms with E-state index in [2.05, 4.69) is 10.3 Å². The third kappa shape index (κ3) is 2.60. The van der Waals surface area contributed by atoms with Crippen LogP contribution in [0.15, 0.2) is 60.7 Å². The van der Waals surface area contributed by atoms with Crippen LogP contribution in [0.3, 0.4) is 0 Å². The standard InChI is InChI=1S/C20H17N3O3/c1-2-26-20(25)16-12-14-10-6-7-11-15(14)18-17(21-22-23(16)18)19(24)13-8-4-3-5-9-13/h3-12,19,24H,2H2,1H3. The van der Waals surface area contributed by atoms with Crippen molar-refractivity contribution in [2.24, 2.45) is 0 Å². The van der Waals surface area contributed by atoms with Crippen LogP contribution in [0.25, 0.3) is 16.3 Å². The Morgan fingerprint density at radius 1 is 1.15 bits per heavy atom. The number of esters is 1. The van der Waals surface area contributed by atoms with E-state index in [1.54, 1.807) is 13.0 Å². The van der Waals surface area contributed by atoms with Gasteiger partial charge in [-0.05, 0) is 23.9 Å². The molecule has 0 bridgehead atoms. The zero-order chi connectivity index (χ0) is 18.1. The van der Waals surface area contributed by atoms with E-state index in [4.69, 9.17) is 4.74 Å². The molecule has 0 amide bonds. The van der Waals surface area contributed by atoms with Crippen molar-refractivity contribution in [3.8, 4) is 0 Å². The van der Waals surface area contributed by atoms with Crippen molar-refractivity contribution in [1.82, 2.24) is 14.8 Å². The van der Waals surface area contributed by atoms with Gasteiger partial charge in [0.15, 0.2) is 5.69 Å². The molecule has 0 aliphatic carbocycles. The molecule has 1 N–H and O–H groups in total. The molecule has 26 heavy (non-hydrogen) atoms. The first-order valence-corrected chi connectivity index (χ1v) is 8.38. The highest BCUT2D eigenvalue weighted by Crippen LogP contribution is 2.30. The van der Waals surface area contributed by atoms with Crippen molar-refractivity contribution in [3.63, 3.8) is 0 Å². The summed E-state index contributed by atoms with van der Waals surface area (Å²) in [5.74, 6) is -0.478. The summed E-state index contributed by atoms with van der Waals surface area (Å²) >= 11 is 0. The Morgan fingerprint density at radius 3 is 2.65 bits per heavy atom. The number of aromatic nitrogens is 3. The molecule has 4 aromatic rings. The van der Waals surface area contributed by atoms with E-state index < -0.39 is 12.1 Å². The minimum Gasteiger partial charge on any atom is -0.461 e. The van der Waals surface area contributed by atoms with Crippen molar-refractivity contribution in [1.29, 1.82) is 0 Å². The minimum absolute atomic E-state index is 0.265. The Kier molecular flexibility index (Phi) is 4.10. The molecule has 0 aliphatic heterocycles. The molecular weight excluding hydrogens is 330 g/mol. The zero-order valence-electron chi connectivity index (χ0n) is 14.2. The van der Waals surface area contributed by atoms with Crippen LogP contribution >= 0.6 is 0 Å². The fourth-order valence-corrected chi connectivity index (χ4v) is 3.09. The molecule has 130 valence electrons. The van der Waals surface area contributed by atoms with Gasteiger partial charge in [0.25, 0.3) is 0 Å². The van der Waals surface area contributed by atoms with Gasteiger partial charge in [-0.2, -0.15) is 0 Å². The van der Waals surface area contributed by atoms with Gasteiger partial charge >= 0.3 is 5.97 Å². The van der Waals surface area contributed by atoms with Crippen LogP contribution < -0.4 is 0 Å². The molecule has 0 saturated carbocycles. The quantitative estimate of drug-likeness (QED) is 0.574. The lowest BCUT2D eigenvalue weighted by atomic mass is 10.0. The zero-order valence-corrected chi connectivity index (χ0v) is 14.2. The summed E-state index contributed by atoms with van der Waals surface area (Å²) in [5, 5.41) is 20.9. The summed E-state index contributed by atoms with van der Waals surface area (Å²) in [6.45, 7) is 2.02. The van der Waals surface area contributed by atoms with Crippen molar-refractivity contribution >= 4 is 22.3 Å². The molecule has 0 radical (unpaired) electrons. The van der Waals surface area contributed by atoms with Gasteiger partial charge < -0.3 is 9.84 Å². The Morgan fingerprint density at radius 2 is 1.88 bits per heavy atom. The largest absolute Gasteiger partial charge is 0.461 e. The maximum absolute atomic E-state index is 12.4. The molecule has 0 saturated heterocycles. The fourth-order valence-electron chi connectivity index (χ4n) is 3.09. The molecule has 2 aromatic heterocycles.